The molecule has 0 amide bonds. The molecule has 1 heterocycles. The van der Waals surface area contributed by atoms with E-state index in [1.54, 1.807) is 0 Å². The van der Waals surface area contributed by atoms with Crippen molar-refractivity contribution in [2.45, 2.75) is 32.8 Å². The zero-order chi connectivity index (χ0) is 13.5. The second-order valence-electron chi connectivity index (χ2n) is 4.78. The minimum absolute atomic E-state index is 0.236. The molecule has 0 aliphatic rings. The van der Waals surface area contributed by atoms with Gasteiger partial charge in [-0.3, -0.25) is 4.98 Å². The molecule has 0 aliphatic heterocycles. The Kier molecular flexibility index (Phi) is 5.16. The SMILES string of the molecule is CCNCCCC(C)Oc1ccc2cccnc2c1. The number of benzene rings is 1. The largest absolute Gasteiger partial charge is 0.491 e. The van der Waals surface area contributed by atoms with Crippen LogP contribution in [0.2, 0.25) is 0 Å². The van der Waals surface area contributed by atoms with Crippen LogP contribution in [-0.2, 0) is 0 Å². The topological polar surface area (TPSA) is 34.1 Å². The van der Waals surface area contributed by atoms with Crippen LogP contribution in [0, 0.1) is 0 Å². The lowest BCUT2D eigenvalue weighted by Crippen LogP contribution is -2.18. The molecule has 1 aromatic carbocycles. The van der Waals surface area contributed by atoms with Crippen molar-refractivity contribution in [2.75, 3.05) is 13.1 Å². The lowest BCUT2D eigenvalue weighted by Gasteiger charge is -2.15. The van der Waals surface area contributed by atoms with Gasteiger partial charge in [0.1, 0.15) is 5.75 Å². The van der Waals surface area contributed by atoms with E-state index in [4.69, 9.17) is 4.74 Å². The normalized spacial score (nSPS) is 12.5. The molecule has 0 fully saturated rings. The molecule has 102 valence electrons. The molecular formula is C16H22N2O. The third-order valence-corrected chi connectivity index (χ3v) is 3.13. The summed E-state index contributed by atoms with van der Waals surface area (Å²) in [6.07, 6.45) is 4.25. The Morgan fingerprint density at radius 3 is 3.05 bits per heavy atom. The minimum atomic E-state index is 0.236. The van der Waals surface area contributed by atoms with Gasteiger partial charge in [-0.25, -0.2) is 0 Å². The number of pyridine rings is 1. The van der Waals surface area contributed by atoms with Crippen LogP contribution in [-0.4, -0.2) is 24.2 Å². The molecule has 0 aliphatic carbocycles. The van der Waals surface area contributed by atoms with E-state index in [1.165, 1.54) is 0 Å². The van der Waals surface area contributed by atoms with Gasteiger partial charge in [-0.15, -0.1) is 0 Å². The summed E-state index contributed by atoms with van der Waals surface area (Å²) in [5.74, 6) is 0.905. The van der Waals surface area contributed by atoms with Crippen LogP contribution in [0.15, 0.2) is 36.5 Å². The Morgan fingerprint density at radius 1 is 1.32 bits per heavy atom. The number of fused-ring (bicyclic) bond motifs is 1. The van der Waals surface area contributed by atoms with Crippen molar-refractivity contribution in [2.24, 2.45) is 0 Å². The fraction of sp³-hybridized carbons (Fsp3) is 0.438. The van der Waals surface area contributed by atoms with E-state index in [0.29, 0.717) is 0 Å². The fourth-order valence-electron chi connectivity index (χ4n) is 2.10. The average Bonchev–Trinajstić information content (AvgIpc) is 2.43. The number of nitrogens with one attached hydrogen (secondary N) is 1. The maximum Gasteiger partial charge on any atom is 0.121 e. The van der Waals surface area contributed by atoms with E-state index < -0.39 is 0 Å². The van der Waals surface area contributed by atoms with E-state index in [1.807, 2.05) is 24.4 Å². The molecule has 1 N–H and O–H groups in total. The van der Waals surface area contributed by atoms with Gasteiger partial charge in [-0.05, 0) is 51.1 Å². The van der Waals surface area contributed by atoms with E-state index in [9.17, 15) is 0 Å². The number of hydrogen-bond donors (Lipinski definition) is 1. The van der Waals surface area contributed by atoms with E-state index in [0.717, 1.165) is 42.6 Å². The maximum atomic E-state index is 5.93. The Hall–Kier alpha value is -1.61. The molecule has 0 radical (unpaired) electrons. The van der Waals surface area contributed by atoms with Gasteiger partial charge >= 0.3 is 0 Å². The molecule has 0 saturated heterocycles. The van der Waals surface area contributed by atoms with Crippen LogP contribution >= 0.6 is 0 Å². The highest BCUT2D eigenvalue weighted by molar-refractivity contribution is 5.79. The molecule has 19 heavy (non-hydrogen) atoms. The highest BCUT2D eigenvalue weighted by Gasteiger charge is 2.04. The van der Waals surface area contributed by atoms with Crippen molar-refractivity contribution in [3.63, 3.8) is 0 Å². The van der Waals surface area contributed by atoms with Crippen molar-refractivity contribution < 1.29 is 4.74 Å². The summed E-state index contributed by atoms with van der Waals surface area (Å²) in [6, 6.07) is 10.1. The van der Waals surface area contributed by atoms with Crippen molar-refractivity contribution in [3.8, 4) is 5.75 Å². The first-order valence-corrected chi connectivity index (χ1v) is 7.01. The average molecular weight is 258 g/mol. The summed E-state index contributed by atoms with van der Waals surface area (Å²) in [5.41, 5.74) is 0.986. The first-order valence-electron chi connectivity index (χ1n) is 7.01. The summed E-state index contributed by atoms with van der Waals surface area (Å²) < 4.78 is 5.93. The standard InChI is InChI=1S/C16H22N2O/c1-3-17-10-4-6-13(2)19-15-9-8-14-7-5-11-18-16(14)12-15/h5,7-9,11-13,17H,3-4,6,10H2,1-2H3. The van der Waals surface area contributed by atoms with Crippen LogP contribution in [0.4, 0.5) is 0 Å². The highest BCUT2D eigenvalue weighted by Crippen LogP contribution is 2.20. The number of hydrogen-bond acceptors (Lipinski definition) is 3. The molecule has 3 nitrogen and oxygen atoms in total. The maximum absolute atomic E-state index is 5.93. The third kappa shape index (κ3) is 4.21. The van der Waals surface area contributed by atoms with E-state index >= 15 is 0 Å². The zero-order valence-corrected chi connectivity index (χ0v) is 11.7. The lowest BCUT2D eigenvalue weighted by atomic mass is 10.2. The Bertz CT molecular complexity index is 513. The second kappa shape index (κ2) is 7.10. The van der Waals surface area contributed by atoms with Gasteiger partial charge in [0.05, 0.1) is 11.6 Å². The smallest absolute Gasteiger partial charge is 0.121 e. The minimum Gasteiger partial charge on any atom is -0.491 e. The number of aromatic nitrogens is 1. The quantitative estimate of drug-likeness (QED) is 0.773. The predicted octanol–water partition coefficient (Wildman–Crippen LogP) is 3.39. The summed E-state index contributed by atoms with van der Waals surface area (Å²) in [5, 5.41) is 4.47. The molecule has 0 spiro atoms. The summed E-state index contributed by atoms with van der Waals surface area (Å²) >= 11 is 0. The third-order valence-electron chi connectivity index (χ3n) is 3.13. The summed E-state index contributed by atoms with van der Waals surface area (Å²) in [6.45, 7) is 6.34. The summed E-state index contributed by atoms with van der Waals surface area (Å²) in [4.78, 5) is 4.35. The molecule has 2 rings (SSSR count). The van der Waals surface area contributed by atoms with Gasteiger partial charge in [0.25, 0.3) is 0 Å². The van der Waals surface area contributed by atoms with Crippen molar-refractivity contribution in [1.29, 1.82) is 0 Å². The molecular weight excluding hydrogens is 236 g/mol. The number of ether oxygens (including phenoxy) is 1. The number of nitrogens with zero attached hydrogens (tertiary/aromatic N) is 1. The molecule has 1 aromatic heterocycles. The van der Waals surface area contributed by atoms with Gasteiger partial charge in [-0.1, -0.05) is 13.0 Å². The van der Waals surface area contributed by atoms with E-state index in [2.05, 4.69) is 36.3 Å². The first-order chi connectivity index (χ1) is 9.29. The van der Waals surface area contributed by atoms with Gasteiger partial charge in [0, 0.05) is 17.6 Å². The second-order valence-corrected chi connectivity index (χ2v) is 4.78. The molecule has 3 heteroatoms. The predicted molar refractivity (Wildman–Crippen MR) is 79.6 cm³/mol. The Balaban J connectivity index is 1.89. The van der Waals surface area contributed by atoms with Crippen LogP contribution in [0.1, 0.15) is 26.7 Å². The van der Waals surface area contributed by atoms with Gasteiger partial charge in [-0.2, -0.15) is 0 Å². The Morgan fingerprint density at radius 2 is 2.21 bits per heavy atom. The monoisotopic (exact) mass is 258 g/mol. The van der Waals surface area contributed by atoms with Crippen LogP contribution in [0.3, 0.4) is 0 Å². The lowest BCUT2D eigenvalue weighted by molar-refractivity contribution is 0.208. The van der Waals surface area contributed by atoms with Gasteiger partial charge in [0.15, 0.2) is 0 Å². The van der Waals surface area contributed by atoms with Crippen LogP contribution in [0.25, 0.3) is 10.9 Å². The Labute approximate surface area is 115 Å². The van der Waals surface area contributed by atoms with Crippen molar-refractivity contribution >= 4 is 10.9 Å². The zero-order valence-electron chi connectivity index (χ0n) is 11.7. The van der Waals surface area contributed by atoms with Crippen molar-refractivity contribution in [3.05, 3.63) is 36.5 Å². The van der Waals surface area contributed by atoms with Gasteiger partial charge in [0.2, 0.25) is 0 Å². The molecule has 1 unspecified atom stereocenters. The van der Waals surface area contributed by atoms with E-state index in [-0.39, 0.29) is 6.10 Å². The molecule has 2 aromatic rings. The van der Waals surface area contributed by atoms with Gasteiger partial charge < -0.3 is 10.1 Å². The first kappa shape index (κ1) is 13.8. The molecule has 1 atom stereocenters. The summed E-state index contributed by atoms with van der Waals surface area (Å²) in [7, 11) is 0. The van der Waals surface area contributed by atoms with Crippen molar-refractivity contribution in [1.82, 2.24) is 10.3 Å². The number of rotatable bonds is 7. The van der Waals surface area contributed by atoms with Crippen LogP contribution in [0.5, 0.6) is 5.75 Å². The molecule has 0 saturated carbocycles. The fourth-order valence-corrected chi connectivity index (χ4v) is 2.10. The highest BCUT2D eigenvalue weighted by atomic mass is 16.5. The van der Waals surface area contributed by atoms with Crippen LogP contribution < -0.4 is 10.1 Å². The molecule has 0 bridgehead atoms.